The molecular formula is C16H12N2O. The first kappa shape index (κ1) is 10.4. The van der Waals surface area contributed by atoms with Gasteiger partial charge in [0.1, 0.15) is 5.75 Å². The van der Waals surface area contributed by atoms with Crippen molar-refractivity contribution in [3.8, 4) is 5.75 Å². The number of H-pyrrole nitrogens is 1. The summed E-state index contributed by atoms with van der Waals surface area (Å²) in [4.78, 5) is 8.16. The Balaban J connectivity index is 2.17. The molecule has 1 N–H and O–H groups in total. The van der Waals surface area contributed by atoms with Crippen LogP contribution in [0.4, 0.5) is 0 Å². The second kappa shape index (κ2) is 3.72. The van der Waals surface area contributed by atoms with Gasteiger partial charge in [-0.1, -0.05) is 18.2 Å². The van der Waals surface area contributed by atoms with Gasteiger partial charge in [-0.3, -0.25) is 0 Å². The maximum Gasteiger partial charge on any atom is 0.119 e. The smallest absolute Gasteiger partial charge is 0.119 e. The molecule has 2 aromatic carbocycles. The van der Waals surface area contributed by atoms with Gasteiger partial charge in [0.2, 0.25) is 0 Å². The van der Waals surface area contributed by atoms with E-state index in [1.165, 1.54) is 0 Å². The Morgan fingerprint density at radius 2 is 1.89 bits per heavy atom. The molecule has 2 heterocycles. The van der Waals surface area contributed by atoms with Crippen molar-refractivity contribution in [2.45, 2.75) is 0 Å². The highest BCUT2D eigenvalue weighted by Gasteiger charge is 2.08. The summed E-state index contributed by atoms with van der Waals surface area (Å²) in [6.07, 6.45) is 0. The van der Waals surface area contributed by atoms with Gasteiger partial charge in [-0.05, 0) is 30.3 Å². The summed E-state index contributed by atoms with van der Waals surface area (Å²) in [6.45, 7) is 0. The molecule has 0 spiro atoms. The lowest BCUT2D eigenvalue weighted by Gasteiger charge is -1.99. The van der Waals surface area contributed by atoms with Crippen LogP contribution in [0, 0.1) is 0 Å². The van der Waals surface area contributed by atoms with Crippen molar-refractivity contribution >= 4 is 32.8 Å². The summed E-state index contributed by atoms with van der Waals surface area (Å²) in [6, 6.07) is 16.3. The molecule has 3 heteroatoms. The Morgan fingerprint density at radius 3 is 2.79 bits per heavy atom. The minimum absolute atomic E-state index is 0.850. The van der Waals surface area contributed by atoms with Gasteiger partial charge in [-0.15, -0.1) is 0 Å². The zero-order valence-electron chi connectivity index (χ0n) is 10.5. The van der Waals surface area contributed by atoms with Crippen LogP contribution in [-0.4, -0.2) is 17.1 Å². The lowest BCUT2D eigenvalue weighted by Crippen LogP contribution is -1.82. The second-order valence-corrected chi connectivity index (χ2v) is 4.61. The average Bonchev–Trinajstić information content (AvgIpc) is 2.81. The lowest BCUT2D eigenvalue weighted by atomic mass is 10.2. The normalized spacial score (nSPS) is 11.4. The number of rotatable bonds is 1. The molecule has 4 rings (SSSR count). The van der Waals surface area contributed by atoms with E-state index in [-0.39, 0.29) is 0 Å². The number of hydrogen-bond acceptors (Lipinski definition) is 2. The van der Waals surface area contributed by atoms with E-state index in [9.17, 15) is 0 Å². The largest absolute Gasteiger partial charge is 0.497 e. The van der Waals surface area contributed by atoms with E-state index in [0.29, 0.717) is 0 Å². The number of nitrogens with zero attached hydrogens (tertiary/aromatic N) is 1. The monoisotopic (exact) mass is 248 g/mol. The predicted molar refractivity (Wildman–Crippen MR) is 77.7 cm³/mol. The van der Waals surface area contributed by atoms with Crippen molar-refractivity contribution in [3.05, 3.63) is 48.5 Å². The van der Waals surface area contributed by atoms with Crippen LogP contribution in [-0.2, 0) is 0 Å². The van der Waals surface area contributed by atoms with Crippen LogP contribution < -0.4 is 4.74 Å². The maximum atomic E-state index is 5.29. The summed E-state index contributed by atoms with van der Waals surface area (Å²) in [7, 11) is 1.68. The van der Waals surface area contributed by atoms with E-state index in [4.69, 9.17) is 9.72 Å². The Hall–Kier alpha value is -2.55. The van der Waals surface area contributed by atoms with Gasteiger partial charge in [0.15, 0.2) is 0 Å². The number of aromatic amines is 1. The lowest BCUT2D eigenvalue weighted by molar-refractivity contribution is 0.415. The Bertz CT molecular complexity index is 908. The van der Waals surface area contributed by atoms with Crippen molar-refractivity contribution in [3.63, 3.8) is 0 Å². The number of pyridine rings is 1. The molecule has 0 fully saturated rings. The number of para-hydroxylation sites is 1. The molecule has 2 aromatic heterocycles. The minimum atomic E-state index is 0.850. The molecule has 0 aliphatic heterocycles. The first-order valence-corrected chi connectivity index (χ1v) is 6.20. The van der Waals surface area contributed by atoms with E-state index in [0.717, 1.165) is 38.6 Å². The molecule has 19 heavy (non-hydrogen) atoms. The first-order chi connectivity index (χ1) is 9.35. The van der Waals surface area contributed by atoms with E-state index < -0.39 is 0 Å². The van der Waals surface area contributed by atoms with Gasteiger partial charge >= 0.3 is 0 Å². The molecular weight excluding hydrogens is 236 g/mol. The molecule has 0 atom stereocenters. The Morgan fingerprint density at radius 1 is 1.00 bits per heavy atom. The van der Waals surface area contributed by atoms with Gasteiger partial charge in [0.05, 0.1) is 23.7 Å². The molecule has 3 nitrogen and oxygen atoms in total. The van der Waals surface area contributed by atoms with E-state index in [2.05, 4.69) is 17.1 Å². The summed E-state index contributed by atoms with van der Waals surface area (Å²) >= 11 is 0. The molecule has 0 bridgehead atoms. The molecule has 4 aromatic rings. The highest BCUT2D eigenvalue weighted by molar-refractivity contribution is 6.08. The second-order valence-electron chi connectivity index (χ2n) is 4.61. The number of ether oxygens (including phenoxy) is 1. The highest BCUT2D eigenvalue weighted by Crippen LogP contribution is 2.29. The van der Waals surface area contributed by atoms with Crippen LogP contribution in [0.3, 0.4) is 0 Å². The summed E-state index contributed by atoms with van der Waals surface area (Å²) < 4.78 is 5.29. The third-order valence-electron chi connectivity index (χ3n) is 3.48. The third kappa shape index (κ3) is 1.48. The van der Waals surface area contributed by atoms with Crippen LogP contribution >= 0.6 is 0 Å². The van der Waals surface area contributed by atoms with Crippen LogP contribution in [0.1, 0.15) is 0 Å². The van der Waals surface area contributed by atoms with Crippen molar-refractivity contribution in [2.75, 3.05) is 7.11 Å². The Labute approximate surface area is 109 Å². The first-order valence-electron chi connectivity index (χ1n) is 6.20. The fourth-order valence-electron chi connectivity index (χ4n) is 2.52. The van der Waals surface area contributed by atoms with E-state index in [1.54, 1.807) is 7.11 Å². The van der Waals surface area contributed by atoms with Gasteiger partial charge < -0.3 is 9.72 Å². The van der Waals surface area contributed by atoms with E-state index in [1.807, 2.05) is 36.4 Å². The molecule has 0 saturated carbocycles. The molecule has 0 unspecified atom stereocenters. The number of methoxy groups -OCH3 is 1. The molecule has 0 radical (unpaired) electrons. The quantitative estimate of drug-likeness (QED) is 0.555. The third-order valence-corrected chi connectivity index (χ3v) is 3.48. The standard InChI is InChI=1S/C16H12N2O/c1-19-11-6-7-14-12(9-11)16-15(17-14)8-10-4-2-3-5-13(10)18-16/h2-9,17H,1H3. The average molecular weight is 248 g/mol. The van der Waals surface area contributed by atoms with Crippen LogP contribution in [0.2, 0.25) is 0 Å². The summed E-state index contributed by atoms with van der Waals surface area (Å²) in [5, 5.41) is 2.24. The summed E-state index contributed by atoms with van der Waals surface area (Å²) in [5.41, 5.74) is 4.15. The minimum Gasteiger partial charge on any atom is -0.497 e. The molecule has 0 aliphatic rings. The van der Waals surface area contributed by atoms with Crippen LogP contribution in [0.15, 0.2) is 48.5 Å². The number of hydrogen-bond donors (Lipinski definition) is 1. The van der Waals surface area contributed by atoms with Crippen LogP contribution in [0.5, 0.6) is 5.75 Å². The SMILES string of the molecule is COc1ccc2[nH]c3cc4ccccc4nc3c2c1. The number of fused-ring (bicyclic) bond motifs is 4. The van der Waals surface area contributed by atoms with Crippen molar-refractivity contribution in [1.29, 1.82) is 0 Å². The van der Waals surface area contributed by atoms with Crippen molar-refractivity contribution in [1.82, 2.24) is 9.97 Å². The number of nitrogens with one attached hydrogen (secondary N) is 1. The Kier molecular flexibility index (Phi) is 2.03. The van der Waals surface area contributed by atoms with Gasteiger partial charge in [0, 0.05) is 16.3 Å². The molecule has 0 saturated heterocycles. The fourth-order valence-corrected chi connectivity index (χ4v) is 2.52. The number of aromatic nitrogens is 2. The molecule has 0 amide bonds. The predicted octanol–water partition coefficient (Wildman–Crippen LogP) is 3.88. The zero-order chi connectivity index (χ0) is 12.8. The molecule has 92 valence electrons. The topological polar surface area (TPSA) is 37.9 Å². The van der Waals surface area contributed by atoms with Crippen molar-refractivity contribution in [2.24, 2.45) is 0 Å². The zero-order valence-corrected chi connectivity index (χ0v) is 10.5. The van der Waals surface area contributed by atoms with Gasteiger partial charge in [-0.2, -0.15) is 0 Å². The summed E-state index contributed by atoms with van der Waals surface area (Å²) in [5.74, 6) is 0.850. The van der Waals surface area contributed by atoms with Gasteiger partial charge in [0.25, 0.3) is 0 Å². The highest BCUT2D eigenvalue weighted by atomic mass is 16.5. The fraction of sp³-hybridized carbons (Fsp3) is 0.0625. The molecule has 0 aliphatic carbocycles. The maximum absolute atomic E-state index is 5.29. The van der Waals surface area contributed by atoms with Gasteiger partial charge in [-0.25, -0.2) is 4.98 Å². The van der Waals surface area contributed by atoms with E-state index >= 15 is 0 Å². The van der Waals surface area contributed by atoms with Crippen LogP contribution in [0.25, 0.3) is 32.8 Å². The van der Waals surface area contributed by atoms with Crippen molar-refractivity contribution < 1.29 is 4.74 Å². The number of benzene rings is 2.